The first kappa shape index (κ1) is 28.6. The van der Waals surface area contributed by atoms with Crippen LogP contribution in [0.25, 0.3) is 0 Å². The van der Waals surface area contributed by atoms with Gasteiger partial charge in [-0.05, 0) is 20.3 Å². The molecule has 0 aromatic heterocycles. The van der Waals surface area contributed by atoms with Crippen molar-refractivity contribution >= 4 is 11.9 Å². The van der Waals surface area contributed by atoms with Crippen LogP contribution >= 0.6 is 0 Å². The maximum Gasteiger partial charge on any atom is 0.456 e. The first-order chi connectivity index (χ1) is 13.9. The predicted octanol–water partition coefficient (Wildman–Crippen LogP) is 6.61. The molecule has 0 aliphatic carbocycles. The number of rotatable bonds is 16. The summed E-state index contributed by atoms with van der Waals surface area (Å²) in [6.07, 6.45) is 6.36. The molecule has 0 N–H and O–H groups in total. The van der Waals surface area contributed by atoms with Crippen LogP contribution in [-0.2, 0) is 19.1 Å². The number of hydrogen-bond acceptors (Lipinski definition) is 4. The van der Waals surface area contributed by atoms with Crippen LogP contribution < -0.4 is 0 Å². The molecule has 0 unspecified atom stereocenters. The van der Waals surface area contributed by atoms with Crippen LogP contribution in [0.1, 0.15) is 91.4 Å². The molecule has 0 rings (SSSR count). The zero-order chi connectivity index (χ0) is 23.3. The monoisotopic (exact) mass is 446 g/mol. The number of halogens is 5. The normalized spacial score (nSPS) is 12.7. The van der Waals surface area contributed by atoms with E-state index in [4.69, 9.17) is 4.74 Å². The van der Waals surface area contributed by atoms with Crippen molar-refractivity contribution in [2.75, 3.05) is 13.2 Å². The summed E-state index contributed by atoms with van der Waals surface area (Å²) in [5, 5.41) is 0. The highest BCUT2D eigenvalue weighted by molar-refractivity contribution is 5.99. The van der Waals surface area contributed by atoms with Crippen LogP contribution in [0.4, 0.5) is 22.0 Å². The van der Waals surface area contributed by atoms with Gasteiger partial charge in [0.1, 0.15) is 0 Å². The van der Waals surface area contributed by atoms with Gasteiger partial charge in [-0.2, -0.15) is 22.0 Å². The Morgan fingerprint density at radius 1 is 0.667 bits per heavy atom. The largest absolute Gasteiger partial charge is 0.465 e. The Bertz CT molecular complexity index is 504. The van der Waals surface area contributed by atoms with Crippen molar-refractivity contribution in [1.82, 2.24) is 0 Å². The van der Waals surface area contributed by atoms with E-state index in [9.17, 15) is 31.5 Å². The van der Waals surface area contributed by atoms with Crippen molar-refractivity contribution in [2.24, 2.45) is 5.41 Å². The Kier molecular flexibility index (Phi) is 13.2. The van der Waals surface area contributed by atoms with E-state index in [2.05, 4.69) is 11.7 Å². The van der Waals surface area contributed by atoms with Gasteiger partial charge in [0.2, 0.25) is 0 Å². The third-order valence-electron chi connectivity index (χ3n) is 4.80. The number of carbonyl (C=O) groups excluding carboxylic acids is 2. The zero-order valence-corrected chi connectivity index (χ0v) is 18.2. The van der Waals surface area contributed by atoms with Crippen LogP contribution in [0, 0.1) is 5.41 Å². The van der Waals surface area contributed by atoms with E-state index in [-0.39, 0.29) is 6.61 Å². The molecule has 30 heavy (non-hydrogen) atoms. The van der Waals surface area contributed by atoms with Crippen molar-refractivity contribution in [1.29, 1.82) is 0 Å². The molecule has 0 heterocycles. The number of alkyl halides is 5. The van der Waals surface area contributed by atoms with Crippen LogP contribution in [0.2, 0.25) is 0 Å². The molecule has 0 saturated heterocycles. The molecule has 0 saturated carbocycles. The minimum atomic E-state index is -5.84. The van der Waals surface area contributed by atoms with Crippen molar-refractivity contribution in [3.05, 3.63) is 0 Å². The summed E-state index contributed by atoms with van der Waals surface area (Å²) in [6, 6.07) is 0. The van der Waals surface area contributed by atoms with Crippen molar-refractivity contribution in [3.63, 3.8) is 0 Å². The van der Waals surface area contributed by atoms with E-state index in [0.29, 0.717) is 6.42 Å². The number of esters is 2. The van der Waals surface area contributed by atoms with E-state index in [1.54, 1.807) is 0 Å². The molecule has 9 heteroatoms. The number of hydrogen-bond donors (Lipinski definition) is 0. The van der Waals surface area contributed by atoms with Gasteiger partial charge in [-0.15, -0.1) is 0 Å². The van der Waals surface area contributed by atoms with Crippen LogP contribution in [0.3, 0.4) is 0 Å². The molecule has 0 aromatic rings. The molecule has 4 nitrogen and oxygen atoms in total. The average Bonchev–Trinajstić information content (AvgIpc) is 2.65. The standard InChI is InChI=1S/C21H35F5O4/c1-4-5-6-7-8-9-10-11-12-13-14-15-29-17(27)19(2,3)18(28)30-16-20(22,23)21(24,25)26/h4-16H2,1-3H3. The third-order valence-corrected chi connectivity index (χ3v) is 4.80. The molecule has 0 aliphatic rings. The Balaban J connectivity index is 3.97. The number of ether oxygens (including phenoxy) is 2. The fourth-order valence-corrected chi connectivity index (χ4v) is 2.61. The van der Waals surface area contributed by atoms with Crippen molar-refractivity contribution < 1.29 is 41.0 Å². The van der Waals surface area contributed by atoms with Gasteiger partial charge in [0.15, 0.2) is 12.0 Å². The first-order valence-electron chi connectivity index (χ1n) is 10.6. The van der Waals surface area contributed by atoms with E-state index >= 15 is 0 Å². The fraction of sp³-hybridized carbons (Fsp3) is 0.905. The van der Waals surface area contributed by atoms with E-state index in [1.807, 2.05) is 0 Å². The summed E-state index contributed by atoms with van der Waals surface area (Å²) >= 11 is 0. The summed E-state index contributed by atoms with van der Waals surface area (Å²) in [4.78, 5) is 23.8. The quantitative estimate of drug-likeness (QED) is 0.116. The average molecular weight is 446 g/mol. The van der Waals surface area contributed by atoms with Gasteiger partial charge < -0.3 is 9.47 Å². The minimum Gasteiger partial charge on any atom is -0.465 e. The predicted molar refractivity (Wildman–Crippen MR) is 103 cm³/mol. The molecule has 0 fully saturated rings. The second-order valence-electron chi connectivity index (χ2n) is 8.07. The molecule has 178 valence electrons. The summed E-state index contributed by atoms with van der Waals surface area (Å²) in [6.45, 7) is 2.17. The summed E-state index contributed by atoms with van der Waals surface area (Å²) in [7, 11) is 0. The topological polar surface area (TPSA) is 52.6 Å². The molecule has 0 bridgehead atoms. The summed E-state index contributed by atoms with van der Waals surface area (Å²) in [5.41, 5.74) is -1.97. The number of carbonyl (C=O) groups is 2. The summed E-state index contributed by atoms with van der Waals surface area (Å²) in [5.74, 6) is -7.69. The van der Waals surface area contributed by atoms with Gasteiger partial charge in [0, 0.05) is 0 Å². The first-order valence-corrected chi connectivity index (χ1v) is 10.6. The van der Waals surface area contributed by atoms with Crippen molar-refractivity contribution in [3.8, 4) is 0 Å². The second-order valence-corrected chi connectivity index (χ2v) is 8.07. The molecule has 0 amide bonds. The van der Waals surface area contributed by atoms with E-state index in [1.165, 1.54) is 38.5 Å². The lowest BCUT2D eigenvalue weighted by Gasteiger charge is -2.24. The fourth-order valence-electron chi connectivity index (χ4n) is 2.61. The highest BCUT2D eigenvalue weighted by Gasteiger charge is 2.59. The molecule has 0 aromatic carbocycles. The van der Waals surface area contributed by atoms with E-state index in [0.717, 1.165) is 39.5 Å². The van der Waals surface area contributed by atoms with Gasteiger partial charge >= 0.3 is 24.0 Å². The number of unbranched alkanes of at least 4 members (excludes halogenated alkanes) is 10. The summed E-state index contributed by atoms with van der Waals surface area (Å²) < 4.78 is 71.0. The smallest absolute Gasteiger partial charge is 0.456 e. The van der Waals surface area contributed by atoms with E-state index < -0.39 is 36.1 Å². The van der Waals surface area contributed by atoms with Gasteiger partial charge in [-0.25, -0.2) is 0 Å². The lowest BCUT2D eigenvalue weighted by molar-refractivity contribution is -0.294. The SMILES string of the molecule is CCCCCCCCCCCCCOC(=O)C(C)(C)C(=O)OCC(F)(F)C(F)(F)F. The van der Waals surface area contributed by atoms with Crippen LogP contribution in [-0.4, -0.2) is 37.3 Å². The highest BCUT2D eigenvalue weighted by Crippen LogP contribution is 2.36. The van der Waals surface area contributed by atoms with Gasteiger partial charge in [-0.1, -0.05) is 71.1 Å². The molecule has 0 radical (unpaired) electrons. The second kappa shape index (κ2) is 13.8. The van der Waals surface area contributed by atoms with Crippen molar-refractivity contribution in [2.45, 2.75) is 103 Å². The molecular formula is C21H35F5O4. The maximum atomic E-state index is 12.8. The molecular weight excluding hydrogens is 411 g/mol. The van der Waals surface area contributed by atoms with Gasteiger partial charge in [0.25, 0.3) is 0 Å². The van der Waals surface area contributed by atoms with Crippen LogP contribution in [0.5, 0.6) is 0 Å². The lowest BCUT2D eigenvalue weighted by atomic mass is 9.94. The molecule has 0 aliphatic heterocycles. The Hall–Kier alpha value is -1.41. The Labute approximate surface area is 175 Å². The highest BCUT2D eigenvalue weighted by atomic mass is 19.4. The lowest BCUT2D eigenvalue weighted by Crippen LogP contribution is -2.44. The van der Waals surface area contributed by atoms with Gasteiger partial charge in [0.05, 0.1) is 6.61 Å². The molecule has 0 spiro atoms. The zero-order valence-electron chi connectivity index (χ0n) is 18.2. The maximum absolute atomic E-state index is 12.8. The molecule has 0 atom stereocenters. The third kappa shape index (κ3) is 11.1. The Morgan fingerprint density at radius 2 is 1.07 bits per heavy atom. The van der Waals surface area contributed by atoms with Gasteiger partial charge in [-0.3, -0.25) is 9.59 Å². The minimum absolute atomic E-state index is 0.0469. The Morgan fingerprint density at radius 3 is 1.50 bits per heavy atom. The van der Waals surface area contributed by atoms with Crippen LogP contribution in [0.15, 0.2) is 0 Å².